The van der Waals surface area contributed by atoms with E-state index in [9.17, 15) is 0 Å². The SMILES string of the molecule is C(=C\C(Nc1ccccc1)c1ccc2c(ccc3c4ccccc4ccc23)c1)/c1c2ccccc2c(-c2ccccc2)c2ccc3ccccc3c12. The monoisotopic (exact) mass is 661 g/mol. The first kappa shape index (κ1) is 30.2. The zero-order valence-corrected chi connectivity index (χ0v) is 28.6. The largest absolute Gasteiger partial charge is 0.375 e. The molecule has 52 heavy (non-hydrogen) atoms. The van der Waals surface area contributed by atoms with E-state index in [0.29, 0.717) is 0 Å². The minimum atomic E-state index is -0.0725. The van der Waals surface area contributed by atoms with Gasteiger partial charge in [-0.1, -0.05) is 182 Å². The maximum Gasteiger partial charge on any atom is 0.0701 e. The van der Waals surface area contributed by atoms with Crippen LogP contribution in [0.1, 0.15) is 17.2 Å². The van der Waals surface area contributed by atoms with Crippen LogP contribution in [0.3, 0.4) is 0 Å². The van der Waals surface area contributed by atoms with E-state index in [2.05, 4.69) is 206 Å². The van der Waals surface area contributed by atoms with Gasteiger partial charge in [0.1, 0.15) is 0 Å². The van der Waals surface area contributed by atoms with Gasteiger partial charge in [-0.25, -0.2) is 0 Å². The van der Waals surface area contributed by atoms with Gasteiger partial charge in [-0.05, 0) is 105 Å². The van der Waals surface area contributed by atoms with Crippen molar-refractivity contribution in [3.8, 4) is 11.1 Å². The summed E-state index contributed by atoms with van der Waals surface area (Å²) < 4.78 is 0. The van der Waals surface area contributed by atoms with Crippen molar-refractivity contribution in [2.45, 2.75) is 6.04 Å². The van der Waals surface area contributed by atoms with Crippen LogP contribution in [0.25, 0.3) is 81.8 Å². The van der Waals surface area contributed by atoms with Crippen molar-refractivity contribution in [2.75, 3.05) is 5.32 Å². The Balaban J connectivity index is 1.19. The third kappa shape index (κ3) is 5.10. The van der Waals surface area contributed by atoms with Crippen LogP contribution >= 0.6 is 0 Å². The van der Waals surface area contributed by atoms with E-state index in [4.69, 9.17) is 0 Å². The zero-order valence-electron chi connectivity index (χ0n) is 28.6. The number of benzene rings is 10. The molecule has 10 aromatic carbocycles. The van der Waals surface area contributed by atoms with Crippen LogP contribution in [-0.4, -0.2) is 0 Å². The van der Waals surface area contributed by atoms with Gasteiger partial charge in [-0.15, -0.1) is 0 Å². The number of fused-ring (bicyclic) bond motifs is 9. The van der Waals surface area contributed by atoms with E-state index >= 15 is 0 Å². The summed E-state index contributed by atoms with van der Waals surface area (Å²) in [5, 5.41) is 19.1. The van der Waals surface area contributed by atoms with Crippen LogP contribution in [-0.2, 0) is 0 Å². The topological polar surface area (TPSA) is 12.0 Å². The molecule has 0 amide bonds. The molecule has 244 valence electrons. The van der Waals surface area contributed by atoms with Crippen LogP contribution in [0.2, 0.25) is 0 Å². The molecule has 1 nitrogen and oxygen atoms in total. The highest BCUT2D eigenvalue weighted by Gasteiger charge is 2.17. The predicted octanol–water partition coefficient (Wildman–Crippen LogP) is 14.1. The normalized spacial score (nSPS) is 12.5. The minimum Gasteiger partial charge on any atom is -0.375 e. The van der Waals surface area contributed by atoms with Gasteiger partial charge in [-0.2, -0.15) is 0 Å². The molecule has 1 unspecified atom stereocenters. The lowest BCUT2D eigenvalue weighted by Gasteiger charge is -2.20. The van der Waals surface area contributed by atoms with Crippen molar-refractivity contribution in [3.05, 3.63) is 205 Å². The molecule has 10 aromatic rings. The van der Waals surface area contributed by atoms with Gasteiger partial charge >= 0.3 is 0 Å². The Bertz CT molecular complexity index is 2980. The Kier molecular flexibility index (Phi) is 7.29. The molecular weight excluding hydrogens is 627 g/mol. The van der Waals surface area contributed by atoms with Crippen molar-refractivity contribution in [3.63, 3.8) is 0 Å². The second kappa shape index (κ2) is 12.6. The molecule has 0 aliphatic rings. The molecule has 0 saturated carbocycles. The maximum atomic E-state index is 3.88. The van der Waals surface area contributed by atoms with Crippen molar-refractivity contribution >= 4 is 76.4 Å². The highest BCUT2D eigenvalue weighted by molar-refractivity contribution is 6.24. The Labute approximate surface area is 303 Å². The quantitative estimate of drug-likeness (QED) is 0.138. The number of anilines is 1. The van der Waals surface area contributed by atoms with Gasteiger partial charge in [-0.3, -0.25) is 0 Å². The molecule has 0 heterocycles. The first-order valence-corrected chi connectivity index (χ1v) is 18.1. The first-order valence-electron chi connectivity index (χ1n) is 18.1. The summed E-state index contributed by atoms with van der Waals surface area (Å²) in [5.41, 5.74) is 6.05. The van der Waals surface area contributed by atoms with Crippen LogP contribution in [0.4, 0.5) is 5.69 Å². The molecule has 0 saturated heterocycles. The lowest BCUT2D eigenvalue weighted by molar-refractivity contribution is 0.993. The lowest BCUT2D eigenvalue weighted by atomic mass is 9.86. The molecule has 0 spiro atoms. The van der Waals surface area contributed by atoms with Crippen molar-refractivity contribution in [1.29, 1.82) is 0 Å². The second-order valence-corrected chi connectivity index (χ2v) is 13.7. The van der Waals surface area contributed by atoms with E-state index in [1.54, 1.807) is 0 Å². The van der Waals surface area contributed by atoms with Crippen molar-refractivity contribution in [2.24, 2.45) is 0 Å². The molecule has 10 rings (SSSR count). The van der Waals surface area contributed by atoms with Gasteiger partial charge in [0.15, 0.2) is 0 Å². The Morgan fingerprint density at radius 2 is 0.923 bits per heavy atom. The van der Waals surface area contributed by atoms with Gasteiger partial charge in [0.05, 0.1) is 6.04 Å². The summed E-state index contributed by atoms with van der Waals surface area (Å²) in [4.78, 5) is 0. The zero-order chi connectivity index (χ0) is 34.4. The standard InChI is InChI=1S/C51H35N/c1-3-15-36(16-4-1)50-46-22-12-11-21-43(46)47(51-42-20-10-8-14-35(42)24-30-48(50)51)31-32-49(52-39-17-5-2-6-18-39)38-26-27-41-37(33-38)25-29-44-40-19-9-7-13-34(40)23-28-45(41)44/h1-33,49,52H/b32-31+. The Hall–Kier alpha value is -6.70. The third-order valence-electron chi connectivity index (χ3n) is 10.7. The number of hydrogen-bond acceptors (Lipinski definition) is 1. The highest BCUT2D eigenvalue weighted by atomic mass is 14.9. The van der Waals surface area contributed by atoms with Crippen molar-refractivity contribution in [1.82, 2.24) is 0 Å². The summed E-state index contributed by atoms with van der Waals surface area (Å²) in [7, 11) is 0. The molecule has 1 heteroatoms. The summed E-state index contributed by atoms with van der Waals surface area (Å²) in [6.07, 6.45) is 4.72. The van der Waals surface area contributed by atoms with E-state index in [-0.39, 0.29) is 6.04 Å². The Morgan fingerprint density at radius 3 is 1.67 bits per heavy atom. The summed E-state index contributed by atoms with van der Waals surface area (Å²) >= 11 is 0. The molecule has 0 fully saturated rings. The van der Waals surface area contributed by atoms with Crippen LogP contribution < -0.4 is 5.32 Å². The van der Waals surface area contributed by atoms with Gasteiger partial charge < -0.3 is 5.32 Å². The smallest absolute Gasteiger partial charge is 0.0701 e. The molecule has 1 atom stereocenters. The summed E-state index contributed by atoms with van der Waals surface area (Å²) in [5.74, 6) is 0. The predicted molar refractivity (Wildman–Crippen MR) is 225 cm³/mol. The molecule has 1 N–H and O–H groups in total. The minimum absolute atomic E-state index is 0.0725. The third-order valence-corrected chi connectivity index (χ3v) is 10.7. The number of para-hydroxylation sites is 1. The molecule has 0 aromatic heterocycles. The van der Waals surface area contributed by atoms with Gasteiger partial charge in [0.25, 0.3) is 0 Å². The number of hydrogen-bond donors (Lipinski definition) is 1. The van der Waals surface area contributed by atoms with Crippen molar-refractivity contribution < 1.29 is 0 Å². The fraction of sp³-hybridized carbons (Fsp3) is 0.0196. The van der Waals surface area contributed by atoms with E-state index in [0.717, 1.165) is 5.69 Å². The first-order chi connectivity index (χ1) is 25.8. The molecule has 0 bridgehead atoms. The van der Waals surface area contributed by atoms with E-state index < -0.39 is 0 Å². The molecule has 0 aliphatic carbocycles. The van der Waals surface area contributed by atoms with E-state index in [1.807, 2.05) is 0 Å². The lowest BCUT2D eigenvalue weighted by Crippen LogP contribution is -2.08. The summed E-state index contributed by atoms with van der Waals surface area (Å²) in [6.45, 7) is 0. The van der Waals surface area contributed by atoms with Crippen LogP contribution in [0.15, 0.2) is 194 Å². The van der Waals surface area contributed by atoms with Gasteiger partial charge in [0.2, 0.25) is 0 Å². The number of rotatable bonds is 6. The maximum absolute atomic E-state index is 3.88. The van der Waals surface area contributed by atoms with Crippen LogP contribution in [0.5, 0.6) is 0 Å². The Morgan fingerprint density at radius 1 is 0.385 bits per heavy atom. The fourth-order valence-corrected chi connectivity index (χ4v) is 8.26. The second-order valence-electron chi connectivity index (χ2n) is 13.7. The molecule has 0 aliphatic heterocycles. The summed E-state index contributed by atoms with van der Waals surface area (Å²) in [6, 6.07) is 68.3. The van der Waals surface area contributed by atoms with Crippen LogP contribution in [0, 0.1) is 0 Å². The molecular formula is C51H35N. The van der Waals surface area contributed by atoms with Gasteiger partial charge in [0, 0.05) is 5.69 Å². The number of nitrogens with one attached hydrogen (secondary N) is 1. The highest BCUT2D eigenvalue weighted by Crippen LogP contribution is 2.43. The average molecular weight is 662 g/mol. The molecule has 0 radical (unpaired) electrons. The fourth-order valence-electron chi connectivity index (χ4n) is 8.26. The van der Waals surface area contributed by atoms with E-state index in [1.165, 1.54) is 86.9 Å². The average Bonchev–Trinajstić information content (AvgIpc) is 3.22.